The van der Waals surface area contributed by atoms with E-state index in [1.165, 1.54) is 11.3 Å². The maximum atomic E-state index is 12.4. The largest absolute Gasteiger partial charge is 0.335 e. The maximum Gasteiger partial charge on any atom is 0.254 e. The van der Waals surface area contributed by atoms with Crippen LogP contribution < -0.4 is 0 Å². The number of thiophene rings is 1. The third kappa shape index (κ3) is 3.57. The molecule has 4 nitrogen and oxygen atoms in total. The van der Waals surface area contributed by atoms with E-state index in [9.17, 15) is 13.2 Å². The molecule has 1 aromatic heterocycles. The van der Waals surface area contributed by atoms with Crippen molar-refractivity contribution in [3.8, 4) is 0 Å². The van der Waals surface area contributed by atoms with Crippen molar-refractivity contribution in [1.29, 1.82) is 0 Å². The number of sulfone groups is 1. The number of carbonyl (C=O) groups is 1. The van der Waals surface area contributed by atoms with E-state index in [1.807, 2.05) is 10.8 Å². The average molecular weight is 301 g/mol. The molecule has 0 spiro atoms. The van der Waals surface area contributed by atoms with Crippen LogP contribution in [0, 0.1) is 0 Å². The lowest BCUT2D eigenvalue weighted by molar-refractivity contribution is 0.0695. The normalized spacial score (nSPS) is 21.4. The lowest BCUT2D eigenvalue weighted by atomic mass is 10.1. The van der Waals surface area contributed by atoms with Gasteiger partial charge in [0.1, 0.15) is 0 Å². The Morgan fingerprint density at radius 2 is 2.32 bits per heavy atom. The monoisotopic (exact) mass is 301 g/mol. The number of rotatable bonds is 5. The Balaban J connectivity index is 2.14. The Hall–Kier alpha value is -0.880. The maximum absolute atomic E-state index is 12.4. The summed E-state index contributed by atoms with van der Waals surface area (Å²) in [5.41, 5.74) is 0.672. The zero-order valence-electron chi connectivity index (χ0n) is 11.0. The molecule has 1 atom stereocenters. The van der Waals surface area contributed by atoms with Crippen LogP contribution in [-0.4, -0.2) is 43.3 Å². The molecule has 0 radical (unpaired) electrons. The highest BCUT2D eigenvalue weighted by Crippen LogP contribution is 2.21. The van der Waals surface area contributed by atoms with Crippen molar-refractivity contribution >= 4 is 27.1 Å². The van der Waals surface area contributed by atoms with E-state index in [1.54, 1.807) is 11.0 Å². The summed E-state index contributed by atoms with van der Waals surface area (Å²) in [5.74, 6) is 0.292. The summed E-state index contributed by atoms with van der Waals surface area (Å²) in [7, 11) is -2.96. The van der Waals surface area contributed by atoms with Crippen molar-refractivity contribution in [1.82, 2.24) is 4.90 Å². The number of nitrogens with zero attached hydrogens (tertiary/aromatic N) is 1. The lowest BCUT2D eigenvalue weighted by Crippen LogP contribution is -2.41. The molecule has 106 valence electrons. The van der Waals surface area contributed by atoms with E-state index in [0.717, 1.165) is 12.8 Å². The fourth-order valence-corrected chi connectivity index (χ4v) is 4.71. The molecule has 1 amide bonds. The molecule has 6 heteroatoms. The summed E-state index contributed by atoms with van der Waals surface area (Å²) < 4.78 is 23.2. The molecule has 0 aliphatic carbocycles. The van der Waals surface area contributed by atoms with Gasteiger partial charge in [0.25, 0.3) is 5.91 Å². The van der Waals surface area contributed by atoms with Gasteiger partial charge in [-0.1, -0.05) is 13.3 Å². The van der Waals surface area contributed by atoms with Crippen LogP contribution in [0.3, 0.4) is 0 Å². The van der Waals surface area contributed by atoms with Crippen LogP contribution in [0.15, 0.2) is 16.8 Å². The standard InChI is InChI=1S/C13H19NO3S2/c1-2-3-6-14(12-5-8-19(16,17)10-12)13(15)11-4-7-18-9-11/h4,7,9,12H,2-3,5-6,8,10H2,1H3. The molecule has 1 aliphatic rings. The summed E-state index contributed by atoms with van der Waals surface area (Å²) in [6.07, 6.45) is 2.47. The smallest absolute Gasteiger partial charge is 0.254 e. The third-order valence-corrected chi connectivity index (χ3v) is 5.86. The average Bonchev–Trinajstić information content (AvgIpc) is 2.99. The van der Waals surface area contributed by atoms with Gasteiger partial charge in [0.2, 0.25) is 0 Å². The highest BCUT2D eigenvalue weighted by Gasteiger charge is 2.34. The quantitative estimate of drug-likeness (QED) is 0.837. The second-order valence-corrected chi connectivity index (χ2v) is 7.93. The molecule has 1 unspecified atom stereocenters. The van der Waals surface area contributed by atoms with Crippen LogP contribution in [0.2, 0.25) is 0 Å². The molecular weight excluding hydrogens is 282 g/mol. The SMILES string of the molecule is CCCCN(C(=O)c1ccsc1)C1CCS(=O)(=O)C1. The Morgan fingerprint density at radius 1 is 1.53 bits per heavy atom. The van der Waals surface area contributed by atoms with Crippen molar-refractivity contribution in [2.75, 3.05) is 18.1 Å². The van der Waals surface area contributed by atoms with Gasteiger partial charge >= 0.3 is 0 Å². The van der Waals surface area contributed by atoms with E-state index in [4.69, 9.17) is 0 Å². The zero-order valence-corrected chi connectivity index (χ0v) is 12.7. The predicted octanol–water partition coefficient (Wildman–Crippen LogP) is 2.18. The molecule has 0 bridgehead atoms. The van der Waals surface area contributed by atoms with Crippen LogP contribution in [0.4, 0.5) is 0 Å². The lowest BCUT2D eigenvalue weighted by Gasteiger charge is -2.28. The molecule has 2 rings (SSSR count). The van der Waals surface area contributed by atoms with Gasteiger partial charge in [0.15, 0.2) is 9.84 Å². The predicted molar refractivity (Wildman–Crippen MR) is 77.3 cm³/mol. The molecular formula is C13H19NO3S2. The molecule has 1 aromatic rings. The van der Waals surface area contributed by atoms with E-state index in [0.29, 0.717) is 18.5 Å². The molecule has 0 N–H and O–H groups in total. The van der Waals surface area contributed by atoms with E-state index in [2.05, 4.69) is 6.92 Å². The molecule has 1 saturated heterocycles. The van der Waals surface area contributed by atoms with Crippen LogP contribution in [0.25, 0.3) is 0 Å². The van der Waals surface area contributed by atoms with Gasteiger partial charge in [0, 0.05) is 18.0 Å². The van der Waals surface area contributed by atoms with Gasteiger partial charge in [-0.25, -0.2) is 8.42 Å². The van der Waals surface area contributed by atoms with Gasteiger partial charge in [-0.2, -0.15) is 11.3 Å². The molecule has 0 aromatic carbocycles. The number of carbonyl (C=O) groups excluding carboxylic acids is 1. The van der Waals surface area contributed by atoms with Crippen molar-refractivity contribution in [3.63, 3.8) is 0 Å². The minimum atomic E-state index is -2.96. The van der Waals surface area contributed by atoms with Gasteiger partial charge in [-0.3, -0.25) is 4.79 Å². The van der Waals surface area contributed by atoms with E-state index in [-0.39, 0.29) is 23.5 Å². The molecule has 0 saturated carbocycles. The van der Waals surface area contributed by atoms with Crippen LogP contribution in [-0.2, 0) is 9.84 Å². The number of hydrogen-bond acceptors (Lipinski definition) is 4. The van der Waals surface area contributed by atoms with Crippen molar-refractivity contribution in [2.24, 2.45) is 0 Å². The van der Waals surface area contributed by atoms with E-state index < -0.39 is 9.84 Å². The molecule has 2 heterocycles. The van der Waals surface area contributed by atoms with Gasteiger partial charge < -0.3 is 4.90 Å². The minimum absolute atomic E-state index is 0.0307. The van der Waals surface area contributed by atoms with Crippen LogP contribution in [0.5, 0.6) is 0 Å². The summed E-state index contributed by atoms with van der Waals surface area (Å²) >= 11 is 1.49. The highest BCUT2D eigenvalue weighted by molar-refractivity contribution is 7.91. The van der Waals surface area contributed by atoms with Crippen molar-refractivity contribution in [3.05, 3.63) is 22.4 Å². The number of amides is 1. The first-order chi connectivity index (χ1) is 9.03. The topological polar surface area (TPSA) is 54.5 Å². The van der Waals surface area contributed by atoms with Gasteiger partial charge in [-0.15, -0.1) is 0 Å². The molecule has 1 fully saturated rings. The number of hydrogen-bond donors (Lipinski definition) is 0. The van der Waals surface area contributed by atoms with Crippen molar-refractivity contribution < 1.29 is 13.2 Å². The third-order valence-electron chi connectivity index (χ3n) is 3.43. The molecule has 19 heavy (non-hydrogen) atoms. The first kappa shape index (κ1) is 14.5. The van der Waals surface area contributed by atoms with E-state index >= 15 is 0 Å². The fourth-order valence-electron chi connectivity index (χ4n) is 2.35. The summed E-state index contributed by atoms with van der Waals surface area (Å²) in [4.78, 5) is 14.2. The first-order valence-electron chi connectivity index (χ1n) is 6.57. The minimum Gasteiger partial charge on any atom is -0.335 e. The summed E-state index contributed by atoms with van der Waals surface area (Å²) in [5, 5.41) is 3.70. The molecule has 1 aliphatic heterocycles. The summed E-state index contributed by atoms with van der Waals surface area (Å²) in [6, 6.07) is 1.65. The van der Waals surface area contributed by atoms with Crippen molar-refractivity contribution in [2.45, 2.75) is 32.2 Å². The first-order valence-corrected chi connectivity index (χ1v) is 9.33. The Labute approximate surface area is 118 Å². The van der Waals surface area contributed by atoms with Gasteiger partial charge in [0.05, 0.1) is 17.1 Å². The fraction of sp³-hybridized carbons (Fsp3) is 0.615. The second-order valence-electron chi connectivity index (χ2n) is 4.92. The Morgan fingerprint density at radius 3 is 2.84 bits per heavy atom. The Kier molecular flexibility index (Phi) is 4.62. The van der Waals surface area contributed by atoms with Gasteiger partial charge in [-0.05, 0) is 24.3 Å². The Bertz CT molecular complexity index is 522. The second kappa shape index (κ2) is 6.05. The summed E-state index contributed by atoms with van der Waals surface area (Å²) in [6.45, 7) is 2.71. The van der Waals surface area contributed by atoms with Crippen LogP contribution >= 0.6 is 11.3 Å². The highest BCUT2D eigenvalue weighted by atomic mass is 32.2. The zero-order chi connectivity index (χ0) is 13.9. The number of unbranched alkanes of at least 4 members (excludes halogenated alkanes) is 1. The van der Waals surface area contributed by atoms with Crippen LogP contribution in [0.1, 0.15) is 36.5 Å².